The summed E-state index contributed by atoms with van der Waals surface area (Å²) in [6, 6.07) is 4.50. The van der Waals surface area contributed by atoms with Crippen molar-refractivity contribution < 1.29 is 14.4 Å². The topological polar surface area (TPSA) is 99.7 Å². The molecule has 1 aromatic rings. The fraction of sp³-hybridized carbons (Fsp3) is 0.538. The van der Waals surface area contributed by atoms with E-state index in [2.05, 4.69) is 5.32 Å². The molecule has 7 nitrogen and oxygen atoms in total. The normalized spacial score (nSPS) is 24.9. The third-order valence-corrected chi connectivity index (χ3v) is 3.42. The van der Waals surface area contributed by atoms with Gasteiger partial charge in [0.25, 0.3) is 5.69 Å². The largest absolute Gasteiger partial charge is 0.496 e. The lowest BCUT2D eigenvalue weighted by Gasteiger charge is -2.43. The van der Waals surface area contributed by atoms with E-state index in [1.54, 1.807) is 6.07 Å². The van der Waals surface area contributed by atoms with Gasteiger partial charge in [-0.15, -0.1) is 0 Å². The summed E-state index contributed by atoms with van der Waals surface area (Å²) in [6.45, 7) is 2.55. The minimum absolute atomic E-state index is 0.0168. The predicted octanol–water partition coefficient (Wildman–Crippen LogP) is 1.52. The van der Waals surface area contributed by atoms with Crippen LogP contribution < -0.4 is 15.8 Å². The highest BCUT2D eigenvalue weighted by molar-refractivity contribution is 5.57. The molecular weight excluding hydrogens is 262 g/mol. The summed E-state index contributed by atoms with van der Waals surface area (Å²) < 4.78 is 10.6. The molecule has 1 aromatic carbocycles. The van der Waals surface area contributed by atoms with Gasteiger partial charge in [-0.3, -0.25) is 10.1 Å². The lowest BCUT2D eigenvalue weighted by atomic mass is 9.83. The van der Waals surface area contributed by atoms with E-state index in [1.807, 2.05) is 6.92 Å². The molecular formula is C13H19N3O4. The minimum atomic E-state index is -0.450. The van der Waals surface area contributed by atoms with Crippen molar-refractivity contribution in [2.45, 2.75) is 31.5 Å². The zero-order chi connectivity index (χ0) is 14.7. The number of hydrogen-bond donors (Lipinski definition) is 2. The number of nitrogens with zero attached hydrogens (tertiary/aromatic N) is 1. The summed E-state index contributed by atoms with van der Waals surface area (Å²) in [6.07, 6.45) is 0.831. The number of rotatable bonds is 6. The molecule has 2 rings (SSSR count). The van der Waals surface area contributed by atoms with Gasteiger partial charge in [-0.1, -0.05) is 0 Å². The van der Waals surface area contributed by atoms with Crippen molar-refractivity contribution in [2.75, 3.05) is 19.0 Å². The second-order valence-electron chi connectivity index (χ2n) is 4.74. The molecule has 0 bridgehead atoms. The van der Waals surface area contributed by atoms with Crippen LogP contribution in [0.3, 0.4) is 0 Å². The van der Waals surface area contributed by atoms with Crippen molar-refractivity contribution in [2.24, 2.45) is 5.73 Å². The Morgan fingerprint density at radius 2 is 2.25 bits per heavy atom. The summed E-state index contributed by atoms with van der Waals surface area (Å²) in [7, 11) is 1.47. The molecule has 0 radical (unpaired) electrons. The van der Waals surface area contributed by atoms with E-state index in [4.69, 9.17) is 15.2 Å². The van der Waals surface area contributed by atoms with Gasteiger partial charge in [0, 0.05) is 30.5 Å². The smallest absolute Gasteiger partial charge is 0.275 e. The Labute approximate surface area is 117 Å². The average molecular weight is 281 g/mol. The van der Waals surface area contributed by atoms with Crippen LogP contribution in [0, 0.1) is 10.1 Å². The monoisotopic (exact) mass is 281 g/mol. The van der Waals surface area contributed by atoms with Crippen LogP contribution in [0.5, 0.6) is 5.75 Å². The number of hydrogen-bond acceptors (Lipinski definition) is 6. The molecule has 1 aliphatic carbocycles. The predicted molar refractivity (Wildman–Crippen MR) is 75.1 cm³/mol. The molecule has 0 spiro atoms. The Bertz CT molecular complexity index is 493. The highest BCUT2D eigenvalue weighted by atomic mass is 16.6. The molecule has 1 saturated carbocycles. The van der Waals surface area contributed by atoms with Crippen molar-refractivity contribution in [3.05, 3.63) is 28.3 Å². The fourth-order valence-corrected chi connectivity index (χ4v) is 2.31. The first-order valence-electron chi connectivity index (χ1n) is 6.52. The number of nitro benzene ring substituents is 1. The van der Waals surface area contributed by atoms with Gasteiger partial charge >= 0.3 is 0 Å². The maximum atomic E-state index is 10.9. The van der Waals surface area contributed by atoms with Crippen LogP contribution in [0.1, 0.15) is 13.3 Å². The maximum Gasteiger partial charge on any atom is 0.275 e. The van der Waals surface area contributed by atoms with Gasteiger partial charge in [0.2, 0.25) is 0 Å². The summed E-state index contributed by atoms with van der Waals surface area (Å²) in [5.74, 6) is 0.433. The molecule has 0 aromatic heterocycles. The highest BCUT2D eigenvalue weighted by Crippen LogP contribution is 2.30. The molecule has 3 atom stereocenters. The Hall–Kier alpha value is -1.86. The molecule has 3 N–H and O–H groups in total. The van der Waals surface area contributed by atoms with E-state index in [1.165, 1.54) is 19.2 Å². The molecule has 0 heterocycles. The standard InChI is InChI=1S/C13H19N3O4/c1-3-20-12-7-11(14)13(12)15-8-4-9(16(17)18)6-10(5-8)19-2/h4-6,11-13,15H,3,7,14H2,1-2H3. The molecule has 20 heavy (non-hydrogen) atoms. The second-order valence-corrected chi connectivity index (χ2v) is 4.74. The van der Waals surface area contributed by atoms with Crippen molar-refractivity contribution in [1.29, 1.82) is 0 Å². The minimum Gasteiger partial charge on any atom is -0.496 e. The van der Waals surface area contributed by atoms with Gasteiger partial charge < -0.3 is 20.5 Å². The van der Waals surface area contributed by atoms with Crippen LogP contribution in [-0.2, 0) is 4.74 Å². The summed E-state index contributed by atoms with van der Waals surface area (Å²) in [5.41, 5.74) is 6.54. The molecule has 0 saturated heterocycles. The number of anilines is 1. The van der Waals surface area contributed by atoms with Gasteiger partial charge in [-0.05, 0) is 13.3 Å². The highest BCUT2D eigenvalue weighted by Gasteiger charge is 2.39. The Morgan fingerprint density at radius 3 is 2.80 bits per heavy atom. The molecule has 0 aliphatic heterocycles. The van der Waals surface area contributed by atoms with Crippen LogP contribution in [0.25, 0.3) is 0 Å². The van der Waals surface area contributed by atoms with E-state index in [0.29, 0.717) is 18.0 Å². The fourth-order valence-electron chi connectivity index (χ4n) is 2.31. The number of nitrogens with one attached hydrogen (secondary N) is 1. The van der Waals surface area contributed by atoms with Gasteiger partial charge in [0.15, 0.2) is 0 Å². The summed E-state index contributed by atoms with van der Waals surface area (Å²) in [4.78, 5) is 10.4. The van der Waals surface area contributed by atoms with Crippen LogP contribution in [0.2, 0.25) is 0 Å². The lowest BCUT2D eigenvalue weighted by molar-refractivity contribution is -0.384. The van der Waals surface area contributed by atoms with Crippen LogP contribution in [-0.4, -0.2) is 36.8 Å². The third-order valence-electron chi connectivity index (χ3n) is 3.42. The molecule has 3 unspecified atom stereocenters. The van der Waals surface area contributed by atoms with Crippen molar-refractivity contribution in [3.8, 4) is 5.75 Å². The molecule has 1 fully saturated rings. The van der Waals surface area contributed by atoms with E-state index in [9.17, 15) is 10.1 Å². The first-order valence-corrected chi connectivity index (χ1v) is 6.52. The van der Waals surface area contributed by atoms with E-state index in [-0.39, 0.29) is 23.9 Å². The number of ether oxygens (including phenoxy) is 2. The summed E-state index contributed by atoms with van der Waals surface area (Å²) >= 11 is 0. The SMILES string of the molecule is CCOC1CC(N)C1Nc1cc(OC)cc([N+](=O)[O-])c1. The van der Waals surface area contributed by atoms with E-state index in [0.717, 1.165) is 6.42 Å². The number of benzene rings is 1. The Kier molecular flexibility index (Phi) is 4.41. The van der Waals surface area contributed by atoms with E-state index < -0.39 is 4.92 Å². The number of methoxy groups -OCH3 is 1. The number of nitro groups is 1. The van der Waals surface area contributed by atoms with Crippen LogP contribution in [0.4, 0.5) is 11.4 Å². The van der Waals surface area contributed by atoms with E-state index >= 15 is 0 Å². The van der Waals surface area contributed by atoms with Crippen molar-refractivity contribution in [3.63, 3.8) is 0 Å². The van der Waals surface area contributed by atoms with Gasteiger partial charge in [-0.2, -0.15) is 0 Å². The first-order chi connectivity index (χ1) is 9.55. The maximum absolute atomic E-state index is 10.9. The number of non-ortho nitro benzene ring substituents is 1. The number of nitrogens with two attached hydrogens (primary N) is 1. The van der Waals surface area contributed by atoms with Crippen LogP contribution >= 0.6 is 0 Å². The van der Waals surface area contributed by atoms with Crippen molar-refractivity contribution >= 4 is 11.4 Å². The van der Waals surface area contributed by atoms with Gasteiger partial charge in [0.05, 0.1) is 30.2 Å². The van der Waals surface area contributed by atoms with Gasteiger partial charge in [-0.25, -0.2) is 0 Å². The Balaban J connectivity index is 2.15. The molecule has 0 amide bonds. The molecule has 1 aliphatic rings. The Morgan fingerprint density at radius 1 is 1.50 bits per heavy atom. The molecule has 110 valence electrons. The zero-order valence-electron chi connectivity index (χ0n) is 11.5. The first kappa shape index (κ1) is 14.5. The quantitative estimate of drug-likeness (QED) is 0.605. The molecule has 7 heteroatoms. The average Bonchev–Trinajstić information content (AvgIpc) is 2.44. The van der Waals surface area contributed by atoms with Crippen LogP contribution in [0.15, 0.2) is 18.2 Å². The second kappa shape index (κ2) is 6.06. The summed E-state index contributed by atoms with van der Waals surface area (Å²) in [5, 5.41) is 14.1. The lowest BCUT2D eigenvalue weighted by Crippen LogP contribution is -2.60. The zero-order valence-corrected chi connectivity index (χ0v) is 11.5. The van der Waals surface area contributed by atoms with Crippen molar-refractivity contribution in [1.82, 2.24) is 0 Å². The van der Waals surface area contributed by atoms with Gasteiger partial charge in [0.1, 0.15) is 5.75 Å². The third kappa shape index (κ3) is 3.00.